The minimum absolute atomic E-state index is 0.0487. The molecule has 4 saturated carbocycles. The summed E-state index contributed by atoms with van der Waals surface area (Å²) in [6.07, 6.45) is 9.22. The molecule has 4 bridgehead atoms. The molecule has 6 rings (SSSR count). The summed E-state index contributed by atoms with van der Waals surface area (Å²) in [5.74, 6) is 2.83. The molecular weight excluding hydrogens is 392 g/mol. The van der Waals surface area contributed by atoms with Gasteiger partial charge in [0.1, 0.15) is 23.5 Å². The zero-order chi connectivity index (χ0) is 20.9. The summed E-state index contributed by atoms with van der Waals surface area (Å²) >= 11 is 6.59. The van der Waals surface area contributed by atoms with E-state index in [0.717, 1.165) is 40.0 Å². The van der Waals surface area contributed by atoms with Crippen LogP contribution in [0.15, 0.2) is 42.0 Å². The first kappa shape index (κ1) is 19.2. The number of hydrogen-bond acceptors (Lipinski definition) is 3. The predicted octanol–water partition coefficient (Wildman–Crippen LogP) is 6.61. The minimum atomic E-state index is 0.0487. The highest BCUT2D eigenvalue weighted by molar-refractivity contribution is 6.33. The molecule has 0 atom stereocenters. The average molecular weight is 415 g/mol. The van der Waals surface area contributed by atoms with Gasteiger partial charge in [0.05, 0.1) is 0 Å². The van der Waals surface area contributed by atoms with Gasteiger partial charge in [-0.25, -0.2) is 0 Å². The minimum Gasteiger partial charge on any atom is -0.508 e. The van der Waals surface area contributed by atoms with Gasteiger partial charge < -0.3 is 5.11 Å². The molecule has 0 radical (unpaired) electrons. The van der Waals surface area contributed by atoms with Crippen molar-refractivity contribution in [3.8, 4) is 29.0 Å². The number of phenolic OH excluding ortho intramolecular Hbond substituents is 1. The Labute approximate surface area is 182 Å². The van der Waals surface area contributed by atoms with Crippen molar-refractivity contribution in [2.24, 2.45) is 17.8 Å². The predicted molar refractivity (Wildman–Crippen MR) is 118 cm³/mol. The third-order valence-corrected chi connectivity index (χ3v) is 7.77. The highest BCUT2D eigenvalue weighted by Crippen LogP contribution is 2.62. The van der Waals surface area contributed by atoms with Crippen LogP contribution in [0.1, 0.15) is 49.7 Å². The van der Waals surface area contributed by atoms with Crippen molar-refractivity contribution in [1.82, 2.24) is 0 Å². The molecule has 3 nitrogen and oxygen atoms in total. The number of phenols is 1. The second kappa shape index (κ2) is 7.19. The van der Waals surface area contributed by atoms with Crippen LogP contribution in [0.3, 0.4) is 0 Å². The van der Waals surface area contributed by atoms with Crippen molar-refractivity contribution in [2.45, 2.75) is 43.9 Å². The molecule has 4 fully saturated rings. The Morgan fingerprint density at radius 1 is 0.967 bits per heavy atom. The first-order valence-electron chi connectivity index (χ1n) is 10.6. The van der Waals surface area contributed by atoms with Crippen LogP contribution in [0.25, 0.3) is 17.2 Å². The van der Waals surface area contributed by atoms with Crippen LogP contribution in [0.2, 0.25) is 5.02 Å². The molecule has 4 aliphatic carbocycles. The third-order valence-electron chi connectivity index (χ3n) is 7.46. The molecule has 0 saturated heterocycles. The van der Waals surface area contributed by atoms with Gasteiger partial charge in [-0.1, -0.05) is 29.8 Å². The van der Waals surface area contributed by atoms with Gasteiger partial charge in [-0.2, -0.15) is 10.5 Å². The Morgan fingerprint density at radius 2 is 1.60 bits per heavy atom. The Morgan fingerprint density at radius 3 is 2.17 bits per heavy atom. The number of nitriles is 2. The van der Waals surface area contributed by atoms with E-state index < -0.39 is 0 Å². The molecule has 4 aliphatic rings. The van der Waals surface area contributed by atoms with Crippen LogP contribution in [-0.4, -0.2) is 5.11 Å². The monoisotopic (exact) mass is 414 g/mol. The Balaban J connectivity index is 1.53. The molecule has 30 heavy (non-hydrogen) atoms. The lowest BCUT2D eigenvalue weighted by atomic mass is 9.48. The number of rotatable bonds is 3. The Hall–Kier alpha value is -2.75. The van der Waals surface area contributed by atoms with Gasteiger partial charge in [0, 0.05) is 16.1 Å². The largest absolute Gasteiger partial charge is 0.508 e. The summed E-state index contributed by atoms with van der Waals surface area (Å²) in [5, 5.41) is 29.3. The maximum absolute atomic E-state index is 10.8. The highest BCUT2D eigenvalue weighted by Gasteiger charge is 2.52. The van der Waals surface area contributed by atoms with Crippen LogP contribution in [-0.2, 0) is 5.41 Å². The SMILES string of the molecule is N#CC(C#N)=Cc1ccc(-c2ccc(O)c(C34CC5CC(CC(C5)C3)C4)c2)c(Cl)c1. The number of halogens is 1. The molecule has 0 unspecified atom stereocenters. The molecule has 2 aromatic rings. The normalized spacial score (nSPS) is 28.6. The fourth-order valence-electron chi connectivity index (χ4n) is 6.68. The molecule has 1 N–H and O–H groups in total. The molecule has 0 amide bonds. The molecule has 0 aromatic heterocycles. The number of allylic oxidation sites excluding steroid dienone is 1. The van der Waals surface area contributed by atoms with Crippen molar-refractivity contribution in [3.05, 3.63) is 58.1 Å². The van der Waals surface area contributed by atoms with Gasteiger partial charge in [-0.3, -0.25) is 0 Å². The fraction of sp³-hybridized carbons (Fsp3) is 0.385. The van der Waals surface area contributed by atoms with Crippen molar-refractivity contribution in [3.63, 3.8) is 0 Å². The molecule has 0 heterocycles. The Bertz CT molecular complexity index is 1080. The van der Waals surface area contributed by atoms with Gasteiger partial charge in [0.25, 0.3) is 0 Å². The van der Waals surface area contributed by atoms with E-state index in [1.54, 1.807) is 6.07 Å². The third kappa shape index (κ3) is 3.19. The van der Waals surface area contributed by atoms with Gasteiger partial charge in [-0.05, 0) is 97.1 Å². The highest BCUT2D eigenvalue weighted by atomic mass is 35.5. The number of aromatic hydroxyl groups is 1. The van der Waals surface area contributed by atoms with E-state index in [2.05, 4.69) is 6.07 Å². The van der Waals surface area contributed by atoms with Gasteiger partial charge in [0.2, 0.25) is 0 Å². The lowest BCUT2D eigenvalue weighted by molar-refractivity contribution is -0.00611. The van der Waals surface area contributed by atoms with E-state index in [-0.39, 0.29) is 11.0 Å². The maximum atomic E-state index is 10.8. The molecular formula is C26H23ClN2O. The van der Waals surface area contributed by atoms with Crippen LogP contribution in [0.5, 0.6) is 5.75 Å². The topological polar surface area (TPSA) is 67.8 Å². The van der Waals surface area contributed by atoms with Crippen LogP contribution in [0, 0.1) is 40.4 Å². The van der Waals surface area contributed by atoms with E-state index in [4.69, 9.17) is 22.1 Å². The zero-order valence-electron chi connectivity index (χ0n) is 16.7. The van der Waals surface area contributed by atoms with Crippen LogP contribution < -0.4 is 0 Å². The second-order valence-electron chi connectivity index (χ2n) is 9.45. The fourth-order valence-corrected chi connectivity index (χ4v) is 6.98. The van der Waals surface area contributed by atoms with E-state index in [1.165, 1.54) is 44.6 Å². The summed E-state index contributed by atoms with van der Waals surface area (Å²) in [6, 6.07) is 15.2. The van der Waals surface area contributed by atoms with Crippen molar-refractivity contribution < 1.29 is 5.11 Å². The second-order valence-corrected chi connectivity index (χ2v) is 9.86. The molecule has 0 spiro atoms. The quantitative estimate of drug-likeness (QED) is 0.574. The van der Waals surface area contributed by atoms with Crippen molar-refractivity contribution >= 4 is 17.7 Å². The van der Waals surface area contributed by atoms with Crippen molar-refractivity contribution in [1.29, 1.82) is 10.5 Å². The first-order valence-corrected chi connectivity index (χ1v) is 11.0. The Kier molecular flexibility index (Phi) is 4.61. The molecule has 0 aliphatic heterocycles. The summed E-state index contributed by atoms with van der Waals surface area (Å²) in [4.78, 5) is 0. The van der Waals surface area contributed by atoms with E-state index >= 15 is 0 Å². The number of benzene rings is 2. The standard InChI is InChI=1S/C26H23ClN2O/c27-24-9-16(5-20(14-28)15-29)1-3-22(24)21-2-4-25(30)23(10-21)26-11-17-6-18(12-26)8-19(7-17)13-26/h1-5,9-10,17-19,30H,6-8,11-13H2. The zero-order valence-corrected chi connectivity index (χ0v) is 17.5. The smallest absolute Gasteiger partial charge is 0.130 e. The molecule has 2 aromatic carbocycles. The summed E-state index contributed by atoms with van der Waals surface area (Å²) < 4.78 is 0. The van der Waals surface area contributed by atoms with E-state index in [0.29, 0.717) is 10.8 Å². The summed E-state index contributed by atoms with van der Waals surface area (Å²) in [7, 11) is 0. The lowest BCUT2D eigenvalue weighted by Gasteiger charge is -2.57. The summed E-state index contributed by atoms with van der Waals surface area (Å²) in [5.41, 5.74) is 3.87. The van der Waals surface area contributed by atoms with Crippen molar-refractivity contribution in [2.75, 3.05) is 0 Å². The lowest BCUT2D eigenvalue weighted by Crippen LogP contribution is -2.48. The maximum Gasteiger partial charge on any atom is 0.130 e. The van der Waals surface area contributed by atoms with E-state index in [9.17, 15) is 5.11 Å². The number of hydrogen-bond donors (Lipinski definition) is 1. The van der Waals surface area contributed by atoms with Crippen LogP contribution in [0.4, 0.5) is 0 Å². The van der Waals surface area contributed by atoms with Gasteiger partial charge >= 0.3 is 0 Å². The van der Waals surface area contributed by atoms with Gasteiger partial charge in [0.15, 0.2) is 0 Å². The molecule has 4 heteroatoms. The average Bonchev–Trinajstić information content (AvgIpc) is 2.71. The van der Waals surface area contributed by atoms with E-state index in [1.807, 2.05) is 36.4 Å². The number of nitrogens with zero attached hydrogens (tertiary/aromatic N) is 2. The van der Waals surface area contributed by atoms with Gasteiger partial charge in [-0.15, -0.1) is 0 Å². The van der Waals surface area contributed by atoms with Crippen LogP contribution >= 0.6 is 11.6 Å². The molecule has 150 valence electrons. The summed E-state index contributed by atoms with van der Waals surface area (Å²) in [6.45, 7) is 0. The first-order chi connectivity index (χ1) is 14.5.